The summed E-state index contributed by atoms with van der Waals surface area (Å²) >= 11 is 0. The van der Waals surface area contributed by atoms with Crippen molar-refractivity contribution in [1.82, 2.24) is 5.32 Å². The maximum atomic E-state index is 11.9. The van der Waals surface area contributed by atoms with Gasteiger partial charge >= 0.3 is 5.97 Å². The number of aliphatic carboxylic acids is 1. The maximum absolute atomic E-state index is 11.9. The van der Waals surface area contributed by atoms with Crippen molar-refractivity contribution in [3.63, 3.8) is 0 Å². The van der Waals surface area contributed by atoms with Gasteiger partial charge in [0.05, 0.1) is 18.8 Å². The number of furan rings is 1. The molecule has 1 aromatic carbocycles. The molecule has 25 heavy (non-hydrogen) atoms. The lowest BCUT2D eigenvalue weighted by molar-refractivity contribution is -0.141. The summed E-state index contributed by atoms with van der Waals surface area (Å²) in [5.74, 6) is -0.302. The first-order valence-electron chi connectivity index (χ1n) is 8.32. The number of ether oxygens (including phenoxy) is 1. The Labute approximate surface area is 146 Å². The lowest BCUT2D eigenvalue weighted by Gasteiger charge is -2.14. The van der Waals surface area contributed by atoms with Crippen LogP contribution in [0.25, 0.3) is 0 Å². The van der Waals surface area contributed by atoms with Crippen molar-refractivity contribution in [1.29, 1.82) is 0 Å². The van der Waals surface area contributed by atoms with Crippen LogP contribution in [0, 0.1) is 5.92 Å². The molecule has 0 saturated heterocycles. The number of hydrogen-bond acceptors (Lipinski definition) is 4. The summed E-state index contributed by atoms with van der Waals surface area (Å²) in [5, 5.41) is 12.1. The summed E-state index contributed by atoms with van der Waals surface area (Å²) < 4.78 is 10.5. The van der Waals surface area contributed by atoms with Crippen molar-refractivity contribution in [2.24, 2.45) is 5.92 Å². The molecule has 0 aliphatic rings. The van der Waals surface area contributed by atoms with Crippen molar-refractivity contribution in [2.75, 3.05) is 13.2 Å². The molecule has 134 valence electrons. The molecule has 6 nitrogen and oxygen atoms in total. The molecule has 6 heteroatoms. The van der Waals surface area contributed by atoms with Crippen molar-refractivity contribution < 1.29 is 23.8 Å². The van der Waals surface area contributed by atoms with Gasteiger partial charge in [-0.05, 0) is 43.2 Å². The van der Waals surface area contributed by atoms with Crippen LogP contribution in [0.5, 0.6) is 5.75 Å². The second-order valence-electron chi connectivity index (χ2n) is 5.70. The minimum Gasteiger partial charge on any atom is -0.494 e. The molecule has 0 saturated carbocycles. The molecule has 2 N–H and O–H groups in total. The Morgan fingerprint density at radius 3 is 2.60 bits per heavy atom. The Hall–Kier alpha value is -2.76. The van der Waals surface area contributed by atoms with E-state index in [2.05, 4.69) is 5.32 Å². The van der Waals surface area contributed by atoms with Crippen LogP contribution < -0.4 is 10.1 Å². The van der Waals surface area contributed by atoms with E-state index in [4.69, 9.17) is 9.15 Å². The van der Waals surface area contributed by atoms with Gasteiger partial charge in [0.2, 0.25) is 5.91 Å². The second-order valence-corrected chi connectivity index (χ2v) is 5.70. The summed E-state index contributed by atoms with van der Waals surface area (Å²) in [4.78, 5) is 23.3. The third kappa shape index (κ3) is 6.33. The van der Waals surface area contributed by atoms with Gasteiger partial charge in [-0.3, -0.25) is 9.59 Å². The number of carbonyl (C=O) groups excluding carboxylic acids is 1. The van der Waals surface area contributed by atoms with Crippen LogP contribution in [0.3, 0.4) is 0 Å². The molecule has 1 unspecified atom stereocenters. The minimum atomic E-state index is -0.930. The summed E-state index contributed by atoms with van der Waals surface area (Å²) in [5.41, 5.74) is 0.890. The predicted molar refractivity (Wildman–Crippen MR) is 92.5 cm³/mol. The van der Waals surface area contributed by atoms with Gasteiger partial charge in [-0.1, -0.05) is 12.1 Å². The molecule has 1 atom stereocenters. The number of nitrogens with one attached hydrogen (secondary N) is 1. The first kappa shape index (κ1) is 18.6. The number of rotatable bonds is 10. The molecule has 0 spiro atoms. The van der Waals surface area contributed by atoms with E-state index < -0.39 is 11.9 Å². The average molecular weight is 345 g/mol. The fourth-order valence-corrected chi connectivity index (χ4v) is 2.44. The molecule has 1 amide bonds. The molecule has 1 aromatic heterocycles. The zero-order valence-corrected chi connectivity index (χ0v) is 14.2. The highest BCUT2D eigenvalue weighted by atomic mass is 16.5. The van der Waals surface area contributed by atoms with E-state index in [0.29, 0.717) is 19.4 Å². The van der Waals surface area contributed by atoms with Gasteiger partial charge < -0.3 is 19.6 Å². The van der Waals surface area contributed by atoms with Gasteiger partial charge in [0.15, 0.2) is 0 Å². The SMILES string of the molecule is CCOc1ccc(CC(CNC(=O)CCc2ccco2)C(=O)O)cc1. The van der Waals surface area contributed by atoms with Crippen LogP contribution in [0.4, 0.5) is 0 Å². The van der Waals surface area contributed by atoms with Crippen LogP contribution in [0.1, 0.15) is 24.7 Å². The topological polar surface area (TPSA) is 88.8 Å². The highest BCUT2D eigenvalue weighted by Gasteiger charge is 2.19. The van der Waals surface area contributed by atoms with Crippen LogP contribution >= 0.6 is 0 Å². The standard InChI is InChI=1S/C19H23NO5/c1-2-24-17-7-5-14(6-8-17)12-15(19(22)23)13-20-18(21)10-9-16-4-3-11-25-16/h3-8,11,15H,2,9-10,12-13H2,1H3,(H,20,21)(H,22,23). The monoisotopic (exact) mass is 345 g/mol. The summed E-state index contributed by atoms with van der Waals surface area (Å²) in [6.07, 6.45) is 2.67. The molecule has 0 fully saturated rings. The Bertz CT molecular complexity index is 664. The van der Waals surface area contributed by atoms with Gasteiger partial charge in [0, 0.05) is 19.4 Å². The number of carboxylic acid groups (broad SMARTS) is 1. The van der Waals surface area contributed by atoms with Crippen molar-refractivity contribution in [3.8, 4) is 5.75 Å². The number of carbonyl (C=O) groups is 2. The molecule has 0 aliphatic heterocycles. The van der Waals surface area contributed by atoms with E-state index in [1.165, 1.54) is 0 Å². The summed E-state index contributed by atoms with van der Waals surface area (Å²) in [7, 11) is 0. The van der Waals surface area contributed by atoms with E-state index >= 15 is 0 Å². The van der Waals surface area contributed by atoms with Crippen LogP contribution in [0.15, 0.2) is 47.1 Å². The Kier molecular flexibility index (Phi) is 7.07. The van der Waals surface area contributed by atoms with Crippen LogP contribution in [-0.2, 0) is 22.4 Å². The Morgan fingerprint density at radius 2 is 2.00 bits per heavy atom. The molecule has 2 rings (SSSR count). The first-order valence-corrected chi connectivity index (χ1v) is 8.32. The molecule has 0 aliphatic carbocycles. The molecule has 0 radical (unpaired) electrons. The van der Waals surface area contributed by atoms with Gasteiger partial charge in [-0.2, -0.15) is 0 Å². The number of hydrogen-bond donors (Lipinski definition) is 2. The van der Waals surface area contributed by atoms with Gasteiger partial charge in [0.25, 0.3) is 0 Å². The Morgan fingerprint density at radius 1 is 1.24 bits per heavy atom. The number of benzene rings is 1. The van der Waals surface area contributed by atoms with Crippen LogP contribution in [-0.4, -0.2) is 30.1 Å². The zero-order valence-electron chi connectivity index (χ0n) is 14.2. The highest BCUT2D eigenvalue weighted by molar-refractivity contribution is 5.77. The van der Waals surface area contributed by atoms with Crippen molar-refractivity contribution in [3.05, 3.63) is 54.0 Å². The van der Waals surface area contributed by atoms with Crippen LogP contribution in [0.2, 0.25) is 0 Å². The third-order valence-electron chi connectivity index (χ3n) is 3.79. The fraction of sp³-hybridized carbons (Fsp3) is 0.368. The molecule has 1 heterocycles. The van der Waals surface area contributed by atoms with Crippen molar-refractivity contribution in [2.45, 2.75) is 26.2 Å². The van der Waals surface area contributed by atoms with E-state index in [9.17, 15) is 14.7 Å². The quantitative estimate of drug-likeness (QED) is 0.691. The maximum Gasteiger partial charge on any atom is 0.308 e. The lowest BCUT2D eigenvalue weighted by Crippen LogP contribution is -2.34. The van der Waals surface area contributed by atoms with Gasteiger partial charge in [0.1, 0.15) is 11.5 Å². The fourth-order valence-electron chi connectivity index (χ4n) is 2.44. The number of amides is 1. The Balaban J connectivity index is 1.81. The molecular weight excluding hydrogens is 322 g/mol. The normalized spacial score (nSPS) is 11.7. The molecule has 0 bridgehead atoms. The van der Waals surface area contributed by atoms with Crippen molar-refractivity contribution >= 4 is 11.9 Å². The lowest BCUT2D eigenvalue weighted by atomic mass is 9.99. The summed E-state index contributed by atoms with van der Waals surface area (Å²) in [6.45, 7) is 2.59. The largest absolute Gasteiger partial charge is 0.494 e. The third-order valence-corrected chi connectivity index (χ3v) is 3.79. The second kappa shape index (κ2) is 9.52. The molecule has 2 aromatic rings. The summed E-state index contributed by atoms with van der Waals surface area (Å²) in [6, 6.07) is 10.9. The minimum absolute atomic E-state index is 0.0968. The van der Waals surface area contributed by atoms with E-state index in [1.54, 1.807) is 18.4 Å². The van der Waals surface area contributed by atoms with Gasteiger partial charge in [-0.15, -0.1) is 0 Å². The van der Waals surface area contributed by atoms with E-state index in [0.717, 1.165) is 17.1 Å². The smallest absolute Gasteiger partial charge is 0.308 e. The first-order chi connectivity index (χ1) is 12.1. The molecular formula is C19H23NO5. The van der Waals surface area contributed by atoms with Gasteiger partial charge in [-0.25, -0.2) is 0 Å². The number of aryl methyl sites for hydroxylation is 1. The highest BCUT2D eigenvalue weighted by Crippen LogP contribution is 2.15. The van der Waals surface area contributed by atoms with E-state index in [-0.39, 0.29) is 18.9 Å². The average Bonchev–Trinajstić information content (AvgIpc) is 3.11. The zero-order chi connectivity index (χ0) is 18.1. The predicted octanol–water partition coefficient (Wildman–Crippen LogP) is 2.67. The number of carboxylic acids is 1. The van der Waals surface area contributed by atoms with E-state index in [1.807, 2.05) is 31.2 Å².